The molecule has 1 aromatic heterocycles. The van der Waals surface area contributed by atoms with Crippen LogP contribution < -0.4 is 5.32 Å². The van der Waals surface area contributed by atoms with Crippen molar-refractivity contribution in [3.63, 3.8) is 0 Å². The first-order valence-corrected chi connectivity index (χ1v) is 7.34. The van der Waals surface area contributed by atoms with E-state index in [1.807, 2.05) is 10.9 Å². The van der Waals surface area contributed by atoms with Gasteiger partial charge in [-0.2, -0.15) is 0 Å². The maximum Gasteiger partial charge on any atom is 0.0783 e. The van der Waals surface area contributed by atoms with Crippen molar-refractivity contribution in [2.45, 2.75) is 20.4 Å². The number of hydrogen-bond donors (Lipinski definition) is 1. The first-order chi connectivity index (χ1) is 10.3. The van der Waals surface area contributed by atoms with Crippen LogP contribution in [0.15, 0.2) is 48.7 Å². The van der Waals surface area contributed by atoms with Gasteiger partial charge in [0.1, 0.15) is 0 Å². The van der Waals surface area contributed by atoms with Gasteiger partial charge >= 0.3 is 0 Å². The fraction of sp³-hybridized carbons (Fsp3) is 0.294. The predicted molar refractivity (Wildman–Crippen MR) is 85.4 cm³/mol. The van der Waals surface area contributed by atoms with Crippen LogP contribution in [0.1, 0.15) is 19.5 Å². The van der Waals surface area contributed by atoms with Crippen LogP contribution in [0.4, 0.5) is 0 Å². The van der Waals surface area contributed by atoms with Crippen LogP contribution >= 0.6 is 0 Å². The van der Waals surface area contributed by atoms with E-state index in [0.29, 0.717) is 5.92 Å². The van der Waals surface area contributed by atoms with Crippen LogP contribution in [-0.4, -0.2) is 21.5 Å². The first-order valence-electron chi connectivity index (χ1n) is 7.34. The third-order valence-electron chi connectivity index (χ3n) is 3.47. The summed E-state index contributed by atoms with van der Waals surface area (Å²) in [5.41, 5.74) is 2.15. The normalized spacial score (nSPS) is 11.4. The van der Waals surface area contributed by atoms with Crippen molar-refractivity contribution >= 4 is 10.8 Å². The number of fused-ring (bicyclic) bond motifs is 1. The van der Waals surface area contributed by atoms with E-state index in [1.165, 1.54) is 10.8 Å². The first kappa shape index (κ1) is 13.8. The Labute approximate surface area is 124 Å². The van der Waals surface area contributed by atoms with Crippen LogP contribution in [0.25, 0.3) is 16.5 Å². The predicted octanol–water partition coefficient (Wildman–Crippen LogP) is 3.17. The molecule has 4 nitrogen and oxygen atoms in total. The highest BCUT2D eigenvalue weighted by atomic mass is 15.4. The molecule has 3 aromatic rings. The molecule has 0 unspecified atom stereocenters. The molecule has 0 fully saturated rings. The van der Waals surface area contributed by atoms with E-state index in [4.69, 9.17) is 0 Å². The average molecular weight is 280 g/mol. The van der Waals surface area contributed by atoms with Crippen molar-refractivity contribution in [2.75, 3.05) is 6.54 Å². The number of benzene rings is 2. The maximum atomic E-state index is 4.26. The minimum absolute atomic E-state index is 0.631. The Balaban J connectivity index is 1.94. The van der Waals surface area contributed by atoms with Gasteiger partial charge < -0.3 is 5.32 Å². The molecular weight excluding hydrogens is 260 g/mol. The Morgan fingerprint density at radius 2 is 1.90 bits per heavy atom. The molecule has 0 spiro atoms. The summed E-state index contributed by atoms with van der Waals surface area (Å²) < 4.78 is 1.93. The summed E-state index contributed by atoms with van der Waals surface area (Å²) in [5, 5.41) is 14.2. The minimum atomic E-state index is 0.631. The Morgan fingerprint density at radius 3 is 2.76 bits per heavy atom. The van der Waals surface area contributed by atoms with Crippen molar-refractivity contribution in [3.05, 3.63) is 54.4 Å². The summed E-state index contributed by atoms with van der Waals surface area (Å²) in [6.45, 7) is 6.16. The molecule has 4 heteroatoms. The molecule has 2 aromatic carbocycles. The smallest absolute Gasteiger partial charge is 0.0783 e. The zero-order valence-corrected chi connectivity index (χ0v) is 12.5. The third kappa shape index (κ3) is 2.95. The molecular formula is C17H20N4. The van der Waals surface area contributed by atoms with Crippen molar-refractivity contribution < 1.29 is 0 Å². The van der Waals surface area contributed by atoms with Gasteiger partial charge in [-0.05, 0) is 23.9 Å². The molecule has 0 aliphatic carbocycles. The lowest BCUT2D eigenvalue weighted by atomic mass is 10.1. The van der Waals surface area contributed by atoms with Gasteiger partial charge in [0.25, 0.3) is 0 Å². The van der Waals surface area contributed by atoms with E-state index >= 15 is 0 Å². The second-order valence-corrected chi connectivity index (χ2v) is 5.66. The monoisotopic (exact) mass is 280 g/mol. The Bertz CT molecular complexity index is 725. The lowest BCUT2D eigenvalue weighted by molar-refractivity contribution is 0.542. The van der Waals surface area contributed by atoms with E-state index in [-0.39, 0.29) is 0 Å². The highest BCUT2D eigenvalue weighted by Crippen LogP contribution is 2.22. The molecule has 0 radical (unpaired) electrons. The number of nitrogens with zero attached hydrogens (tertiary/aromatic N) is 3. The van der Waals surface area contributed by atoms with E-state index in [2.05, 4.69) is 71.9 Å². The molecule has 0 saturated heterocycles. The second-order valence-electron chi connectivity index (χ2n) is 5.66. The quantitative estimate of drug-likeness (QED) is 0.780. The van der Waals surface area contributed by atoms with Crippen molar-refractivity contribution in [3.8, 4) is 5.69 Å². The summed E-state index contributed by atoms with van der Waals surface area (Å²) in [7, 11) is 0. The molecule has 0 saturated carbocycles. The largest absolute Gasteiger partial charge is 0.311 e. The number of aromatic nitrogens is 3. The summed E-state index contributed by atoms with van der Waals surface area (Å²) in [5.74, 6) is 0.631. The van der Waals surface area contributed by atoms with Crippen molar-refractivity contribution in [1.29, 1.82) is 0 Å². The van der Waals surface area contributed by atoms with Crippen LogP contribution in [0.3, 0.4) is 0 Å². The second kappa shape index (κ2) is 6.06. The van der Waals surface area contributed by atoms with Crippen LogP contribution in [0.5, 0.6) is 0 Å². The van der Waals surface area contributed by atoms with Gasteiger partial charge in [-0.15, -0.1) is 5.10 Å². The summed E-state index contributed by atoms with van der Waals surface area (Å²) in [4.78, 5) is 0. The van der Waals surface area contributed by atoms with Crippen molar-refractivity contribution in [1.82, 2.24) is 20.3 Å². The number of nitrogens with one attached hydrogen (secondary N) is 1. The zero-order chi connectivity index (χ0) is 14.7. The Hall–Kier alpha value is -2.20. The average Bonchev–Trinajstić information content (AvgIpc) is 2.94. The standard InChI is InChI=1S/C17H20N4/c1-13(2)10-18-11-15-12-19-20-21(15)17-9-5-7-14-6-3-4-8-16(14)17/h3-9,12-13,18H,10-11H2,1-2H3. The van der Waals surface area contributed by atoms with Gasteiger partial charge in [0, 0.05) is 11.9 Å². The highest BCUT2D eigenvalue weighted by molar-refractivity contribution is 5.90. The van der Waals surface area contributed by atoms with Gasteiger partial charge in [-0.3, -0.25) is 0 Å². The molecule has 1 heterocycles. The molecule has 0 aliphatic rings. The molecule has 3 rings (SSSR count). The van der Waals surface area contributed by atoms with Gasteiger partial charge in [0.15, 0.2) is 0 Å². The number of hydrogen-bond acceptors (Lipinski definition) is 3. The van der Waals surface area contributed by atoms with E-state index in [9.17, 15) is 0 Å². The van der Waals surface area contributed by atoms with Gasteiger partial charge in [0.05, 0.1) is 17.6 Å². The molecule has 0 amide bonds. The Kier molecular flexibility index (Phi) is 3.97. The molecule has 21 heavy (non-hydrogen) atoms. The van der Waals surface area contributed by atoms with E-state index < -0.39 is 0 Å². The topological polar surface area (TPSA) is 42.7 Å². The molecule has 108 valence electrons. The minimum Gasteiger partial charge on any atom is -0.311 e. The molecule has 0 aliphatic heterocycles. The fourth-order valence-electron chi connectivity index (χ4n) is 2.46. The van der Waals surface area contributed by atoms with Gasteiger partial charge in [0.2, 0.25) is 0 Å². The molecule has 1 N–H and O–H groups in total. The van der Waals surface area contributed by atoms with Crippen molar-refractivity contribution in [2.24, 2.45) is 5.92 Å². The highest BCUT2D eigenvalue weighted by Gasteiger charge is 2.09. The van der Waals surface area contributed by atoms with Gasteiger partial charge in [-0.25, -0.2) is 4.68 Å². The van der Waals surface area contributed by atoms with Crippen LogP contribution in [0, 0.1) is 5.92 Å². The summed E-state index contributed by atoms with van der Waals surface area (Å²) >= 11 is 0. The third-order valence-corrected chi connectivity index (χ3v) is 3.47. The van der Waals surface area contributed by atoms with Crippen LogP contribution in [0.2, 0.25) is 0 Å². The number of rotatable bonds is 5. The van der Waals surface area contributed by atoms with Gasteiger partial charge in [-0.1, -0.05) is 55.5 Å². The maximum absolute atomic E-state index is 4.26. The molecule has 0 atom stereocenters. The molecule has 0 bridgehead atoms. The summed E-state index contributed by atoms with van der Waals surface area (Å²) in [6, 6.07) is 14.6. The summed E-state index contributed by atoms with van der Waals surface area (Å²) in [6.07, 6.45) is 1.83. The van der Waals surface area contributed by atoms with E-state index in [1.54, 1.807) is 0 Å². The zero-order valence-electron chi connectivity index (χ0n) is 12.5. The Morgan fingerprint density at radius 1 is 1.10 bits per heavy atom. The SMILES string of the molecule is CC(C)CNCc1cnnn1-c1cccc2ccccc12. The lowest BCUT2D eigenvalue weighted by Crippen LogP contribution is -2.20. The van der Waals surface area contributed by atoms with Crippen LogP contribution in [-0.2, 0) is 6.54 Å². The fourth-order valence-corrected chi connectivity index (χ4v) is 2.46. The lowest BCUT2D eigenvalue weighted by Gasteiger charge is -2.11. The van der Waals surface area contributed by atoms with E-state index in [0.717, 1.165) is 24.5 Å².